The van der Waals surface area contributed by atoms with E-state index in [0.717, 1.165) is 32.5 Å². The second kappa shape index (κ2) is 5.47. The highest BCUT2D eigenvalue weighted by Crippen LogP contribution is 2.38. The van der Waals surface area contributed by atoms with Gasteiger partial charge in [0.05, 0.1) is 11.5 Å². The van der Waals surface area contributed by atoms with Gasteiger partial charge in [-0.05, 0) is 56.3 Å². The van der Waals surface area contributed by atoms with Crippen LogP contribution >= 0.6 is 11.3 Å². The van der Waals surface area contributed by atoms with Gasteiger partial charge in [0.2, 0.25) is 5.91 Å². The number of aliphatic hydroxyl groups is 1. The lowest BCUT2D eigenvalue weighted by Crippen LogP contribution is -2.55. The summed E-state index contributed by atoms with van der Waals surface area (Å²) in [7, 11) is 0. The molecule has 2 fully saturated rings. The summed E-state index contributed by atoms with van der Waals surface area (Å²) in [5.74, 6) is 0.147. The van der Waals surface area contributed by atoms with Crippen molar-refractivity contribution >= 4 is 17.2 Å². The predicted molar refractivity (Wildman–Crippen MR) is 79.6 cm³/mol. The van der Waals surface area contributed by atoms with Gasteiger partial charge in [0, 0.05) is 18.0 Å². The number of nitrogens with one attached hydrogen (secondary N) is 1. The summed E-state index contributed by atoms with van der Waals surface area (Å²) < 4.78 is 0. The fourth-order valence-electron chi connectivity index (χ4n) is 3.42. The minimum atomic E-state index is -0.376. The molecule has 0 aliphatic carbocycles. The largest absolute Gasteiger partial charge is 0.391 e. The van der Waals surface area contributed by atoms with E-state index in [1.807, 2.05) is 0 Å². The Labute approximate surface area is 123 Å². The highest BCUT2D eigenvalue weighted by atomic mass is 32.1. The van der Waals surface area contributed by atoms with Crippen LogP contribution < -0.4 is 5.32 Å². The van der Waals surface area contributed by atoms with Crippen LogP contribution in [0, 0.1) is 12.3 Å². The molecule has 2 saturated heterocycles. The van der Waals surface area contributed by atoms with Crippen molar-refractivity contribution in [3.63, 3.8) is 0 Å². The Bertz CT molecular complexity index is 492. The van der Waals surface area contributed by atoms with Crippen LogP contribution in [-0.4, -0.2) is 41.7 Å². The van der Waals surface area contributed by atoms with Gasteiger partial charge in [0.25, 0.3) is 0 Å². The molecular weight excluding hydrogens is 272 g/mol. The number of thiophene rings is 1. The average Bonchev–Trinajstić information content (AvgIpc) is 2.83. The number of hydrogen-bond acceptors (Lipinski definition) is 4. The topological polar surface area (TPSA) is 52.6 Å². The zero-order valence-electron chi connectivity index (χ0n) is 11.9. The molecule has 1 unspecified atom stereocenters. The number of carbonyl (C=O) groups excluding carboxylic acids is 1. The van der Waals surface area contributed by atoms with Crippen molar-refractivity contribution in [2.75, 3.05) is 19.6 Å². The Hall–Kier alpha value is -0.910. The maximum atomic E-state index is 12.1. The van der Waals surface area contributed by atoms with Crippen molar-refractivity contribution in [2.45, 2.75) is 38.8 Å². The molecule has 5 heteroatoms. The molecule has 4 nitrogen and oxygen atoms in total. The Morgan fingerprint density at radius 2 is 2.25 bits per heavy atom. The Balaban J connectivity index is 1.60. The van der Waals surface area contributed by atoms with Gasteiger partial charge in [0.1, 0.15) is 0 Å². The summed E-state index contributed by atoms with van der Waals surface area (Å²) >= 11 is 1.79. The molecule has 2 aliphatic heterocycles. The molecular formula is C15H22N2O2S. The summed E-state index contributed by atoms with van der Waals surface area (Å²) in [4.78, 5) is 15.9. The van der Waals surface area contributed by atoms with E-state index in [1.54, 1.807) is 11.3 Å². The molecule has 20 heavy (non-hydrogen) atoms. The molecule has 0 radical (unpaired) electrons. The van der Waals surface area contributed by atoms with Gasteiger partial charge in [-0.2, -0.15) is 0 Å². The molecule has 1 spiro atoms. The molecule has 1 atom stereocenters. The number of hydrogen-bond donors (Lipinski definition) is 2. The van der Waals surface area contributed by atoms with Crippen LogP contribution in [0.25, 0.3) is 0 Å². The SMILES string of the molecule is Cc1cc(CN2CCC3(CC2)CC(O)CNC3=O)cs1. The minimum absolute atomic E-state index is 0.147. The van der Waals surface area contributed by atoms with E-state index in [0.29, 0.717) is 13.0 Å². The molecule has 2 aliphatic rings. The van der Waals surface area contributed by atoms with Crippen LogP contribution in [0.1, 0.15) is 29.7 Å². The highest BCUT2D eigenvalue weighted by Gasteiger charge is 2.45. The molecule has 0 bridgehead atoms. The number of nitrogens with zero attached hydrogens (tertiary/aromatic N) is 1. The first-order valence-electron chi connectivity index (χ1n) is 7.30. The first-order chi connectivity index (χ1) is 9.57. The van der Waals surface area contributed by atoms with Gasteiger partial charge in [-0.3, -0.25) is 9.69 Å². The third-order valence-electron chi connectivity index (χ3n) is 4.61. The molecule has 1 aromatic heterocycles. The fourth-order valence-corrected chi connectivity index (χ4v) is 4.12. The zero-order chi connectivity index (χ0) is 14.2. The molecule has 0 saturated carbocycles. The number of likely N-dealkylation sites (tertiary alicyclic amines) is 1. The van der Waals surface area contributed by atoms with Crippen molar-refractivity contribution < 1.29 is 9.90 Å². The van der Waals surface area contributed by atoms with Gasteiger partial charge in [-0.1, -0.05) is 0 Å². The number of β-amino-alcohol motifs (C(OH)–C–C–N with tert-alkyl or cyclic N) is 1. The van der Waals surface area contributed by atoms with Crippen molar-refractivity contribution in [1.82, 2.24) is 10.2 Å². The number of piperidine rings is 2. The third-order valence-corrected chi connectivity index (χ3v) is 5.52. The molecule has 1 amide bonds. The molecule has 1 aromatic rings. The third kappa shape index (κ3) is 2.75. The summed E-state index contributed by atoms with van der Waals surface area (Å²) in [5.41, 5.74) is 1.05. The van der Waals surface area contributed by atoms with Gasteiger partial charge in [-0.15, -0.1) is 11.3 Å². The normalized spacial score (nSPS) is 26.7. The van der Waals surface area contributed by atoms with Gasteiger partial charge in [-0.25, -0.2) is 0 Å². The maximum Gasteiger partial charge on any atom is 0.226 e. The lowest BCUT2D eigenvalue weighted by atomic mass is 9.71. The summed E-state index contributed by atoms with van der Waals surface area (Å²) in [5, 5.41) is 14.9. The predicted octanol–water partition coefficient (Wildman–Crippen LogP) is 1.52. The molecule has 3 rings (SSSR count). The van der Waals surface area contributed by atoms with Crippen molar-refractivity contribution in [3.8, 4) is 0 Å². The van der Waals surface area contributed by atoms with Gasteiger partial charge < -0.3 is 10.4 Å². The highest BCUT2D eigenvalue weighted by molar-refractivity contribution is 7.10. The first kappa shape index (κ1) is 14.0. The first-order valence-corrected chi connectivity index (χ1v) is 8.18. The lowest BCUT2D eigenvalue weighted by molar-refractivity contribution is -0.141. The van der Waals surface area contributed by atoms with E-state index in [4.69, 9.17) is 0 Å². The van der Waals surface area contributed by atoms with E-state index < -0.39 is 0 Å². The van der Waals surface area contributed by atoms with Crippen LogP contribution in [0.15, 0.2) is 11.4 Å². The Kier molecular flexibility index (Phi) is 3.84. The van der Waals surface area contributed by atoms with Crippen LogP contribution in [0.2, 0.25) is 0 Å². The maximum absolute atomic E-state index is 12.1. The quantitative estimate of drug-likeness (QED) is 0.869. The van der Waals surface area contributed by atoms with Crippen molar-refractivity contribution in [3.05, 3.63) is 21.9 Å². The molecule has 110 valence electrons. The zero-order valence-corrected chi connectivity index (χ0v) is 12.7. The number of rotatable bonds is 2. The number of carbonyl (C=O) groups is 1. The van der Waals surface area contributed by atoms with Crippen LogP contribution in [0.5, 0.6) is 0 Å². The Morgan fingerprint density at radius 3 is 2.90 bits per heavy atom. The smallest absolute Gasteiger partial charge is 0.226 e. The number of aryl methyl sites for hydroxylation is 1. The van der Waals surface area contributed by atoms with E-state index >= 15 is 0 Å². The van der Waals surface area contributed by atoms with E-state index in [2.05, 4.69) is 28.6 Å². The fraction of sp³-hybridized carbons (Fsp3) is 0.667. The average molecular weight is 294 g/mol. The van der Waals surface area contributed by atoms with E-state index in [1.165, 1.54) is 10.4 Å². The van der Waals surface area contributed by atoms with Crippen LogP contribution in [0.3, 0.4) is 0 Å². The monoisotopic (exact) mass is 294 g/mol. The minimum Gasteiger partial charge on any atom is -0.391 e. The molecule has 0 aromatic carbocycles. The number of aliphatic hydroxyl groups excluding tert-OH is 1. The Morgan fingerprint density at radius 1 is 1.50 bits per heavy atom. The van der Waals surface area contributed by atoms with Crippen LogP contribution in [0.4, 0.5) is 0 Å². The second-order valence-electron chi connectivity index (χ2n) is 6.19. The van der Waals surface area contributed by atoms with E-state index in [-0.39, 0.29) is 17.4 Å². The summed E-state index contributed by atoms with van der Waals surface area (Å²) in [6.45, 7) is 5.40. The van der Waals surface area contributed by atoms with Gasteiger partial charge >= 0.3 is 0 Å². The molecule has 2 N–H and O–H groups in total. The van der Waals surface area contributed by atoms with Crippen molar-refractivity contribution in [2.24, 2.45) is 5.41 Å². The van der Waals surface area contributed by atoms with E-state index in [9.17, 15) is 9.90 Å². The van der Waals surface area contributed by atoms with Gasteiger partial charge in [0.15, 0.2) is 0 Å². The lowest BCUT2D eigenvalue weighted by Gasteiger charge is -2.44. The standard InChI is InChI=1S/C15H22N2O2S/c1-11-6-12(10-20-11)9-17-4-2-15(3-5-17)7-13(18)8-16-14(15)19/h6,10,13,18H,2-5,7-9H2,1H3,(H,16,19). The summed E-state index contributed by atoms with van der Waals surface area (Å²) in [6, 6.07) is 2.24. The molecule has 3 heterocycles. The number of amides is 1. The summed E-state index contributed by atoms with van der Waals surface area (Å²) in [6.07, 6.45) is 1.97. The van der Waals surface area contributed by atoms with Crippen molar-refractivity contribution in [1.29, 1.82) is 0 Å². The van der Waals surface area contributed by atoms with Crippen LogP contribution in [-0.2, 0) is 11.3 Å². The second-order valence-corrected chi connectivity index (χ2v) is 7.31.